The number of benzene rings is 2. The molecule has 0 fully saturated rings. The van der Waals surface area contributed by atoms with Gasteiger partial charge in [-0.05, 0) is 37.1 Å². The molecule has 0 aliphatic carbocycles. The summed E-state index contributed by atoms with van der Waals surface area (Å²) in [5, 5.41) is 12.1. The fraction of sp³-hybridized carbons (Fsp3) is 0.200. The highest BCUT2D eigenvalue weighted by molar-refractivity contribution is 6.03. The van der Waals surface area contributed by atoms with Crippen LogP contribution in [-0.4, -0.2) is 11.0 Å². The van der Waals surface area contributed by atoms with Crippen molar-refractivity contribution in [2.45, 2.75) is 26.7 Å². The minimum absolute atomic E-state index is 0.186. The molecule has 0 amide bonds. The van der Waals surface area contributed by atoms with Crippen LogP contribution in [0.3, 0.4) is 0 Å². The summed E-state index contributed by atoms with van der Waals surface area (Å²) in [6.45, 7) is 4.08. The van der Waals surface area contributed by atoms with Crippen LogP contribution in [-0.2, 0) is 6.42 Å². The first-order chi connectivity index (χ1) is 11.1. The lowest BCUT2D eigenvalue weighted by molar-refractivity contribution is -0.254. The predicted molar refractivity (Wildman–Crippen MR) is 90.2 cm³/mol. The Bertz CT molecular complexity index is 867. The summed E-state index contributed by atoms with van der Waals surface area (Å²) in [5.41, 5.74) is 4.70. The van der Waals surface area contributed by atoms with Crippen LogP contribution in [0, 0.1) is 6.92 Å². The standard InChI is InChI=1S/C20H19NO2/c1-3-4-14-6-8-15(9-7-14)19-12-17(20(22)23)16-11-13(2)5-10-18(16)21-19/h5-12H,3-4H2,1-2H3,(H,22,23)/p-1. The SMILES string of the molecule is CCCc1ccc(-c2cc(C(=O)[O-])c3cc(C)ccc3n2)cc1. The van der Waals surface area contributed by atoms with Crippen molar-refractivity contribution in [2.75, 3.05) is 0 Å². The van der Waals surface area contributed by atoms with Crippen molar-refractivity contribution in [3.05, 3.63) is 65.2 Å². The zero-order chi connectivity index (χ0) is 16.4. The topological polar surface area (TPSA) is 53.0 Å². The first kappa shape index (κ1) is 15.2. The van der Waals surface area contributed by atoms with Crippen molar-refractivity contribution in [1.82, 2.24) is 4.98 Å². The van der Waals surface area contributed by atoms with Gasteiger partial charge < -0.3 is 9.90 Å². The summed E-state index contributed by atoms with van der Waals surface area (Å²) >= 11 is 0. The smallest absolute Gasteiger partial charge is 0.0722 e. The van der Waals surface area contributed by atoms with Gasteiger partial charge in [-0.25, -0.2) is 4.98 Å². The molecule has 0 unspecified atom stereocenters. The summed E-state index contributed by atoms with van der Waals surface area (Å²) in [6, 6.07) is 15.3. The van der Waals surface area contributed by atoms with Crippen molar-refractivity contribution in [2.24, 2.45) is 0 Å². The van der Waals surface area contributed by atoms with Gasteiger partial charge in [0, 0.05) is 16.5 Å². The number of aromatic carboxylic acids is 1. The third kappa shape index (κ3) is 3.09. The molecule has 23 heavy (non-hydrogen) atoms. The Morgan fingerprint density at radius 2 is 1.83 bits per heavy atom. The van der Waals surface area contributed by atoms with Gasteiger partial charge in [-0.2, -0.15) is 0 Å². The normalized spacial score (nSPS) is 10.9. The molecule has 3 nitrogen and oxygen atoms in total. The Balaban J connectivity index is 2.14. The van der Waals surface area contributed by atoms with Gasteiger partial charge in [0.15, 0.2) is 0 Å². The number of pyridine rings is 1. The molecule has 0 bridgehead atoms. The highest BCUT2D eigenvalue weighted by Crippen LogP contribution is 2.26. The van der Waals surface area contributed by atoms with Gasteiger partial charge >= 0.3 is 0 Å². The highest BCUT2D eigenvalue weighted by atomic mass is 16.4. The molecule has 0 aliphatic rings. The van der Waals surface area contributed by atoms with E-state index in [0.717, 1.165) is 24.0 Å². The number of nitrogens with zero attached hydrogens (tertiary/aromatic N) is 1. The number of carboxylic acids is 1. The van der Waals surface area contributed by atoms with E-state index in [1.54, 1.807) is 6.07 Å². The fourth-order valence-electron chi connectivity index (χ4n) is 2.79. The van der Waals surface area contributed by atoms with Crippen LogP contribution < -0.4 is 5.11 Å². The molecule has 2 aromatic carbocycles. The molecule has 1 aromatic heterocycles. The van der Waals surface area contributed by atoms with E-state index in [9.17, 15) is 9.90 Å². The lowest BCUT2D eigenvalue weighted by Gasteiger charge is -2.11. The maximum atomic E-state index is 11.5. The number of rotatable bonds is 4. The van der Waals surface area contributed by atoms with Gasteiger partial charge in [0.2, 0.25) is 0 Å². The second-order valence-corrected chi connectivity index (χ2v) is 5.81. The van der Waals surface area contributed by atoms with Crippen LogP contribution in [0.15, 0.2) is 48.5 Å². The molecule has 3 aromatic rings. The minimum atomic E-state index is -1.17. The van der Waals surface area contributed by atoms with Gasteiger partial charge in [-0.3, -0.25) is 0 Å². The van der Waals surface area contributed by atoms with Gasteiger partial charge in [0.1, 0.15) is 0 Å². The van der Waals surface area contributed by atoms with E-state index in [1.165, 1.54) is 5.56 Å². The average Bonchev–Trinajstić information content (AvgIpc) is 2.55. The summed E-state index contributed by atoms with van der Waals surface area (Å²) in [4.78, 5) is 16.1. The van der Waals surface area contributed by atoms with E-state index >= 15 is 0 Å². The van der Waals surface area contributed by atoms with Gasteiger partial charge in [-0.1, -0.05) is 49.2 Å². The average molecular weight is 304 g/mol. The fourth-order valence-corrected chi connectivity index (χ4v) is 2.79. The molecule has 0 saturated heterocycles. The van der Waals surface area contributed by atoms with Crippen molar-refractivity contribution in [3.8, 4) is 11.3 Å². The summed E-state index contributed by atoms with van der Waals surface area (Å²) in [7, 11) is 0. The lowest BCUT2D eigenvalue weighted by atomic mass is 10.0. The Morgan fingerprint density at radius 3 is 2.48 bits per heavy atom. The first-order valence-corrected chi connectivity index (χ1v) is 7.80. The number of aryl methyl sites for hydroxylation is 2. The van der Waals surface area contributed by atoms with Crippen LogP contribution >= 0.6 is 0 Å². The lowest BCUT2D eigenvalue weighted by Crippen LogP contribution is -2.22. The number of hydrogen-bond donors (Lipinski definition) is 0. The second kappa shape index (κ2) is 6.21. The molecule has 0 radical (unpaired) electrons. The third-order valence-corrected chi connectivity index (χ3v) is 3.97. The molecule has 0 N–H and O–H groups in total. The zero-order valence-electron chi connectivity index (χ0n) is 13.3. The molecule has 1 heterocycles. The van der Waals surface area contributed by atoms with Crippen molar-refractivity contribution >= 4 is 16.9 Å². The molecule has 0 saturated carbocycles. The first-order valence-electron chi connectivity index (χ1n) is 7.80. The number of carbonyl (C=O) groups is 1. The Labute approximate surface area is 135 Å². The third-order valence-electron chi connectivity index (χ3n) is 3.97. The minimum Gasteiger partial charge on any atom is -0.545 e. The summed E-state index contributed by atoms with van der Waals surface area (Å²) < 4.78 is 0. The number of carboxylic acid groups (broad SMARTS) is 1. The number of hydrogen-bond acceptors (Lipinski definition) is 3. The predicted octanol–water partition coefficient (Wildman–Crippen LogP) is 3.53. The van der Waals surface area contributed by atoms with E-state index < -0.39 is 5.97 Å². The van der Waals surface area contributed by atoms with Crippen molar-refractivity contribution in [1.29, 1.82) is 0 Å². The molecular weight excluding hydrogens is 286 g/mol. The zero-order valence-corrected chi connectivity index (χ0v) is 13.3. The Kier molecular flexibility index (Phi) is 4.11. The van der Waals surface area contributed by atoms with E-state index in [1.807, 2.05) is 37.3 Å². The monoisotopic (exact) mass is 304 g/mol. The maximum absolute atomic E-state index is 11.5. The van der Waals surface area contributed by atoms with E-state index in [0.29, 0.717) is 16.6 Å². The molecule has 0 spiro atoms. The Hall–Kier alpha value is -2.68. The maximum Gasteiger partial charge on any atom is 0.0722 e. The molecule has 3 rings (SSSR count). The quantitative estimate of drug-likeness (QED) is 0.741. The molecule has 116 valence electrons. The van der Waals surface area contributed by atoms with Crippen molar-refractivity contribution < 1.29 is 9.90 Å². The highest BCUT2D eigenvalue weighted by Gasteiger charge is 2.09. The van der Waals surface area contributed by atoms with E-state index in [2.05, 4.69) is 24.0 Å². The molecular formula is C20H18NO2-. The number of carbonyl (C=O) groups excluding carboxylic acids is 1. The number of fused-ring (bicyclic) bond motifs is 1. The van der Waals surface area contributed by atoms with Crippen LogP contribution in [0.5, 0.6) is 0 Å². The number of aromatic nitrogens is 1. The van der Waals surface area contributed by atoms with Crippen LogP contribution in [0.25, 0.3) is 22.2 Å². The van der Waals surface area contributed by atoms with Crippen LogP contribution in [0.2, 0.25) is 0 Å². The van der Waals surface area contributed by atoms with Gasteiger partial charge in [0.05, 0.1) is 17.2 Å². The largest absolute Gasteiger partial charge is 0.545 e. The summed E-state index contributed by atoms with van der Waals surface area (Å²) in [6.07, 6.45) is 2.14. The second-order valence-electron chi connectivity index (χ2n) is 5.81. The van der Waals surface area contributed by atoms with Crippen LogP contribution in [0.4, 0.5) is 0 Å². The van der Waals surface area contributed by atoms with E-state index in [4.69, 9.17) is 0 Å². The summed E-state index contributed by atoms with van der Waals surface area (Å²) in [5.74, 6) is -1.17. The van der Waals surface area contributed by atoms with Gasteiger partial charge in [-0.15, -0.1) is 0 Å². The van der Waals surface area contributed by atoms with E-state index in [-0.39, 0.29) is 5.56 Å². The Morgan fingerprint density at radius 1 is 1.09 bits per heavy atom. The molecule has 0 aliphatic heterocycles. The van der Waals surface area contributed by atoms with Crippen LogP contribution in [0.1, 0.15) is 34.8 Å². The molecule has 0 atom stereocenters. The van der Waals surface area contributed by atoms with Gasteiger partial charge in [0.25, 0.3) is 0 Å². The molecule has 3 heteroatoms. The van der Waals surface area contributed by atoms with Crippen molar-refractivity contribution in [3.63, 3.8) is 0 Å².